The zero-order valence-electron chi connectivity index (χ0n) is 16.9. The molecule has 8 heteroatoms. The van der Waals surface area contributed by atoms with Crippen LogP contribution in [0.3, 0.4) is 0 Å². The van der Waals surface area contributed by atoms with Crippen LogP contribution in [0.2, 0.25) is 0 Å². The molecule has 3 rings (SSSR count). The molecule has 0 spiro atoms. The Bertz CT molecular complexity index is 877. The predicted molar refractivity (Wildman–Crippen MR) is 126 cm³/mol. The van der Waals surface area contributed by atoms with Crippen molar-refractivity contribution in [3.8, 4) is 11.5 Å². The van der Waals surface area contributed by atoms with E-state index in [1.165, 1.54) is 12.1 Å². The van der Waals surface area contributed by atoms with Gasteiger partial charge in [0.25, 0.3) is 0 Å². The number of halogens is 2. The predicted octanol–water partition coefficient (Wildman–Crippen LogP) is 3.78. The summed E-state index contributed by atoms with van der Waals surface area (Å²) in [6.07, 6.45) is 2.31. The zero-order chi connectivity index (χ0) is 20.5. The van der Waals surface area contributed by atoms with Crippen LogP contribution in [0.4, 0.5) is 4.39 Å². The molecule has 0 unspecified atom stereocenters. The van der Waals surface area contributed by atoms with Crippen LogP contribution in [0.15, 0.2) is 54.0 Å². The van der Waals surface area contributed by atoms with E-state index in [-0.39, 0.29) is 36.6 Å². The molecule has 2 aromatic carbocycles. The summed E-state index contributed by atoms with van der Waals surface area (Å²) in [5.74, 6) is 1.89. The smallest absolute Gasteiger partial charge is 0.191 e. The summed E-state index contributed by atoms with van der Waals surface area (Å²) >= 11 is 0. The Balaban J connectivity index is 0.00000320. The van der Waals surface area contributed by atoms with E-state index in [0.717, 1.165) is 28.2 Å². The molecule has 1 heterocycles. The van der Waals surface area contributed by atoms with E-state index >= 15 is 0 Å². The molecule has 162 valence electrons. The third-order valence-electron chi connectivity index (χ3n) is 4.44. The van der Waals surface area contributed by atoms with E-state index in [1.807, 2.05) is 24.3 Å². The minimum atomic E-state index is -0.286. The summed E-state index contributed by atoms with van der Waals surface area (Å²) in [6.45, 7) is 5.82. The average molecular weight is 527 g/mol. The van der Waals surface area contributed by atoms with Crippen LogP contribution in [-0.2, 0) is 24.3 Å². The zero-order valence-corrected chi connectivity index (χ0v) is 19.3. The lowest BCUT2D eigenvalue weighted by Crippen LogP contribution is -2.38. The van der Waals surface area contributed by atoms with Gasteiger partial charge >= 0.3 is 0 Å². The normalized spacial score (nSPS) is 12.8. The van der Waals surface area contributed by atoms with E-state index < -0.39 is 0 Å². The van der Waals surface area contributed by atoms with Crippen molar-refractivity contribution in [2.75, 3.05) is 27.0 Å². The number of guanidine groups is 1. The fraction of sp³-hybridized carbons (Fsp3) is 0.318. The molecular formula is C22H27FIN3O3. The SMILES string of the molecule is C=CCOc1ccccc1CNC(=NC)NCCc1cc(F)cc2c1OCOC2.I. The molecule has 0 radical (unpaired) electrons. The number of benzene rings is 2. The second kappa shape index (κ2) is 12.4. The standard InChI is InChI=1S/C22H26FN3O3.HI/c1-3-10-28-20-7-5-4-6-17(20)13-26-22(24-2)25-9-8-16-11-19(23)12-18-14-27-15-29-21(16)18;/h3-7,11-12H,1,8-10,13-15H2,2H3,(H2,24,25,26);1H. The first-order valence-electron chi connectivity index (χ1n) is 9.49. The first kappa shape index (κ1) is 23.9. The number of fused-ring (bicyclic) bond motifs is 1. The largest absolute Gasteiger partial charge is 0.489 e. The van der Waals surface area contributed by atoms with Gasteiger partial charge < -0.3 is 24.8 Å². The molecule has 0 atom stereocenters. The lowest BCUT2D eigenvalue weighted by atomic mass is 10.1. The highest BCUT2D eigenvalue weighted by Crippen LogP contribution is 2.29. The highest BCUT2D eigenvalue weighted by molar-refractivity contribution is 14.0. The second-order valence-electron chi connectivity index (χ2n) is 6.47. The molecule has 6 nitrogen and oxygen atoms in total. The van der Waals surface area contributed by atoms with Crippen molar-refractivity contribution in [2.24, 2.45) is 4.99 Å². The van der Waals surface area contributed by atoms with Crippen LogP contribution in [0, 0.1) is 5.82 Å². The van der Waals surface area contributed by atoms with E-state index in [1.54, 1.807) is 13.1 Å². The number of rotatable bonds is 8. The van der Waals surface area contributed by atoms with E-state index in [2.05, 4.69) is 22.2 Å². The minimum Gasteiger partial charge on any atom is -0.489 e. The molecule has 0 amide bonds. The molecule has 2 N–H and O–H groups in total. The number of ether oxygens (including phenoxy) is 3. The molecule has 0 aromatic heterocycles. The Morgan fingerprint density at radius 2 is 2.10 bits per heavy atom. The van der Waals surface area contributed by atoms with Crippen molar-refractivity contribution < 1.29 is 18.6 Å². The number of hydrogen-bond donors (Lipinski definition) is 2. The molecule has 0 aliphatic carbocycles. The highest BCUT2D eigenvalue weighted by Gasteiger charge is 2.16. The van der Waals surface area contributed by atoms with Gasteiger partial charge in [-0.25, -0.2) is 4.39 Å². The minimum absolute atomic E-state index is 0. The third-order valence-corrected chi connectivity index (χ3v) is 4.44. The first-order chi connectivity index (χ1) is 14.2. The molecule has 1 aliphatic heterocycles. The Morgan fingerprint density at radius 3 is 2.90 bits per heavy atom. The van der Waals surface area contributed by atoms with Gasteiger partial charge in [0, 0.05) is 31.3 Å². The van der Waals surface area contributed by atoms with Gasteiger partial charge in [-0.1, -0.05) is 30.9 Å². The highest BCUT2D eigenvalue weighted by atomic mass is 127. The molecule has 30 heavy (non-hydrogen) atoms. The van der Waals surface area contributed by atoms with Crippen molar-refractivity contribution in [3.05, 3.63) is 71.6 Å². The van der Waals surface area contributed by atoms with Crippen LogP contribution in [0.25, 0.3) is 0 Å². The van der Waals surface area contributed by atoms with Gasteiger partial charge in [-0.3, -0.25) is 4.99 Å². The summed E-state index contributed by atoms with van der Waals surface area (Å²) in [6, 6.07) is 10.8. The van der Waals surface area contributed by atoms with Gasteiger partial charge in [-0.05, 0) is 30.2 Å². The molecule has 0 fully saturated rings. The molecule has 1 aliphatic rings. The molecule has 0 saturated heterocycles. The van der Waals surface area contributed by atoms with Crippen molar-refractivity contribution in [1.29, 1.82) is 0 Å². The summed E-state index contributed by atoms with van der Waals surface area (Å²) in [4.78, 5) is 4.24. The van der Waals surface area contributed by atoms with Gasteiger partial charge in [0.2, 0.25) is 0 Å². The summed E-state index contributed by atoms with van der Waals surface area (Å²) in [7, 11) is 1.71. The summed E-state index contributed by atoms with van der Waals surface area (Å²) in [5.41, 5.74) is 2.57. The Labute approximate surface area is 193 Å². The number of nitrogens with one attached hydrogen (secondary N) is 2. The number of aliphatic imine (C=N–C) groups is 1. The van der Waals surface area contributed by atoms with Crippen LogP contribution < -0.4 is 20.1 Å². The van der Waals surface area contributed by atoms with Gasteiger partial charge in [0.15, 0.2) is 12.8 Å². The van der Waals surface area contributed by atoms with Crippen molar-refractivity contribution in [2.45, 2.75) is 19.6 Å². The summed E-state index contributed by atoms with van der Waals surface area (Å²) < 4.78 is 30.3. The lowest BCUT2D eigenvalue weighted by Gasteiger charge is -2.21. The van der Waals surface area contributed by atoms with Crippen LogP contribution >= 0.6 is 24.0 Å². The number of para-hydroxylation sites is 1. The first-order valence-corrected chi connectivity index (χ1v) is 9.49. The van der Waals surface area contributed by atoms with Gasteiger partial charge in [0.05, 0.1) is 6.61 Å². The van der Waals surface area contributed by atoms with Crippen molar-refractivity contribution in [1.82, 2.24) is 10.6 Å². The fourth-order valence-corrected chi connectivity index (χ4v) is 3.10. The van der Waals surface area contributed by atoms with Crippen LogP contribution in [-0.4, -0.2) is 33.0 Å². The quantitative estimate of drug-likeness (QED) is 0.237. The fourth-order valence-electron chi connectivity index (χ4n) is 3.10. The molecule has 0 bridgehead atoms. The maximum absolute atomic E-state index is 13.9. The summed E-state index contributed by atoms with van der Waals surface area (Å²) in [5, 5.41) is 6.52. The van der Waals surface area contributed by atoms with E-state index in [4.69, 9.17) is 14.2 Å². The van der Waals surface area contributed by atoms with E-state index in [9.17, 15) is 4.39 Å². The number of nitrogens with zero attached hydrogens (tertiary/aromatic N) is 1. The Kier molecular flexibility index (Phi) is 9.88. The van der Waals surface area contributed by atoms with Crippen molar-refractivity contribution in [3.63, 3.8) is 0 Å². The maximum Gasteiger partial charge on any atom is 0.191 e. The van der Waals surface area contributed by atoms with E-state index in [0.29, 0.717) is 38.7 Å². The molecule has 2 aromatic rings. The Morgan fingerprint density at radius 1 is 1.27 bits per heavy atom. The molecular weight excluding hydrogens is 500 g/mol. The monoisotopic (exact) mass is 527 g/mol. The van der Waals surface area contributed by atoms with Crippen LogP contribution in [0.1, 0.15) is 16.7 Å². The average Bonchev–Trinajstić information content (AvgIpc) is 2.75. The van der Waals surface area contributed by atoms with Gasteiger partial charge in [-0.15, -0.1) is 24.0 Å². The lowest BCUT2D eigenvalue weighted by molar-refractivity contribution is -0.0172. The third kappa shape index (κ3) is 6.60. The van der Waals surface area contributed by atoms with Crippen molar-refractivity contribution >= 4 is 29.9 Å². The van der Waals surface area contributed by atoms with Gasteiger partial charge in [0.1, 0.15) is 23.9 Å². The maximum atomic E-state index is 13.9. The number of hydrogen-bond acceptors (Lipinski definition) is 4. The van der Waals surface area contributed by atoms with Gasteiger partial charge in [-0.2, -0.15) is 0 Å². The Hall–Kier alpha value is -2.33. The molecule has 0 saturated carbocycles. The topological polar surface area (TPSA) is 64.1 Å². The van der Waals surface area contributed by atoms with Crippen LogP contribution in [0.5, 0.6) is 11.5 Å². The second-order valence-corrected chi connectivity index (χ2v) is 6.47.